The molecule has 4 heteroatoms. The zero-order valence-electron chi connectivity index (χ0n) is 16.8. The van der Waals surface area contributed by atoms with E-state index in [9.17, 15) is 4.79 Å². The van der Waals surface area contributed by atoms with E-state index < -0.39 is 0 Å². The smallest absolute Gasteiger partial charge is 0.253 e. The fraction of sp³-hybridized carbons (Fsp3) is 0.240. The molecule has 0 saturated carbocycles. The highest BCUT2D eigenvalue weighted by molar-refractivity contribution is 5.94. The van der Waals surface area contributed by atoms with Crippen LogP contribution in [0.5, 0.6) is 5.75 Å². The van der Waals surface area contributed by atoms with Crippen LogP contribution in [0.4, 0.5) is 5.69 Å². The Kier molecular flexibility index (Phi) is 5.80. The quantitative estimate of drug-likeness (QED) is 0.651. The summed E-state index contributed by atoms with van der Waals surface area (Å²) in [6.07, 6.45) is 0.958. The van der Waals surface area contributed by atoms with Crippen LogP contribution in [0.1, 0.15) is 16.8 Å². The normalized spacial score (nSPS) is 14.4. The van der Waals surface area contributed by atoms with E-state index in [1.54, 1.807) is 7.11 Å². The third-order valence-electron chi connectivity index (χ3n) is 5.46. The van der Waals surface area contributed by atoms with Crippen LogP contribution in [-0.4, -0.2) is 44.1 Å². The van der Waals surface area contributed by atoms with Crippen molar-refractivity contribution in [1.29, 1.82) is 0 Å². The van der Waals surface area contributed by atoms with Crippen molar-refractivity contribution in [2.75, 3.05) is 38.2 Å². The van der Waals surface area contributed by atoms with Gasteiger partial charge in [0.05, 0.1) is 7.11 Å². The molecular weight excluding hydrogens is 360 g/mol. The molecule has 4 nitrogen and oxygen atoms in total. The average Bonchev–Trinajstić information content (AvgIpc) is 3.06. The van der Waals surface area contributed by atoms with Gasteiger partial charge < -0.3 is 14.5 Å². The molecule has 0 spiro atoms. The Morgan fingerprint density at radius 3 is 2.14 bits per heavy atom. The Morgan fingerprint density at radius 2 is 1.45 bits per heavy atom. The SMILES string of the molecule is COc1ccc(N2CCCN(C(=O)c3ccc(-c4ccccc4)cc3)CC2)cc1. The van der Waals surface area contributed by atoms with Crippen molar-refractivity contribution in [3.05, 3.63) is 84.4 Å². The molecule has 0 aliphatic carbocycles. The number of carbonyl (C=O) groups is 1. The molecule has 1 heterocycles. The maximum absolute atomic E-state index is 13.0. The van der Waals surface area contributed by atoms with Crippen LogP contribution in [0, 0.1) is 0 Å². The molecule has 148 valence electrons. The summed E-state index contributed by atoms with van der Waals surface area (Å²) in [7, 11) is 1.68. The van der Waals surface area contributed by atoms with Gasteiger partial charge in [-0.3, -0.25) is 4.79 Å². The van der Waals surface area contributed by atoms with Gasteiger partial charge in [-0.15, -0.1) is 0 Å². The summed E-state index contributed by atoms with van der Waals surface area (Å²) in [5.41, 5.74) is 4.22. The summed E-state index contributed by atoms with van der Waals surface area (Å²) >= 11 is 0. The van der Waals surface area contributed by atoms with E-state index in [-0.39, 0.29) is 5.91 Å². The number of methoxy groups -OCH3 is 1. The Morgan fingerprint density at radius 1 is 0.759 bits per heavy atom. The number of rotatable bonds is 4. The van der Waals surface area contributed by atoms with Crippen LogP contribution < -0.4 is 9.64 Å². The third-order valence-corrected chi connectivity index (χ3v) is 5.46. The number of amides is 1. The lowest BCUT2D eigenvalue weighted by Gasteiger charge is -2.24. The molecule has 1 aliphatic rings. The van der Waals surface area contributed by atoms with Gasteiger partial charge in [-0.1, -0.05) is 42.5 Å². The minimum Gasteiger partial charge on any atom is -0.497 e. The summed E-state index contributed by atoms with van der Waals surface area (Å²) < 4.78 is 5.24. The summed E-state index contributed by atoms with van der Waals surface area (Å²) in [5, 5.41) is 0. The lowest BCUT2D eigenvalue weighted by molar-refractivity contribution is 0.0767. The van der Waals surface area contributed by atoms with E-state index in [2.05, 4.69) is 29.2 Å². The third kappa shape index (κ3) is 4.43. The molecule has 0 aromatic heterocycles. The highest BCUT2D eigenvalue weighted by atomic mass is 16.5. The molecule has 0 atom stereocenters. The lowest BCUT2D eigenvalue weighted by Crippen LogP contribution is -2.35. The van der Waals surface area contributed by atoms with Crippen LogP contribution in [0.3, 0.4) is 0 Å². The molecule has 0 unspecified atom stereocenters. The van der Waals surface area contributed by atoms with E-state index >= 15 is 0 Å². The van der Waals surface area contributed by atoms with Gasteiger partial charge in [-0.2, -0.15) is 0 Å². The topological polar surface area (TPSA) is 32.8 Å². The van der Waals surface area contributed by atoms with E-state index in [4.69, 9.17) is 4.74 Å². The standard InChI is InChI=1S/C25H26N2O2/c1-29-24-14-12-23(13-15-24)26-16-5-17-27(19-18-26)25(28)22-10-8-21(9-11-22)20-6-3-2-4-7-20/h2-4,6-15H,5,16-19H2,1H3. The van der Waals surface area contributed by atoms with Crippen molar-refractivity contribution in [3.63, 3.8) is 0 Å². The Hall–Kier alpha value is -3.27. The maximum Gasteiger partial charge on any atom is 0.253 e. The molecule has 1 saturated heterocycles. The first-order chi connectivity index (χ1) is 14.2. The van der Waals surface area contributed by atoms with Gasteiger partial charge in [-0.25, -0.2) is 0 Å². The number of hydrogen-bond acceptors (Lipinski definition) is 3. The summed E-state index contributed by atoms with van der Waals surface area (Å²) in [6.45, 7) is 3.29. The van der Waals surface area contributed by atoms with E-state index in [0.717, 1.165) is 55.0 Å². The first-order valence-electron chi connectivity index (χ1n) is 10.1. The summed E-state index contributed by atoms with van der Waals surface area (Å²) in [5.74, 6) is 0.973. The molecule has 29 heavy (non-hydrogen) atoms. The van der Waals surface area contributed by atoms with Gasteiger partial charge in [0.25, 0.3) is 5.91 Å². The Balaban J connectivity index is 1.41. The Labute approximate surface area is 172 Å². The van der Waals surface area contributed by atoms with Gasteiger partial charge in [-0.05, 0) is 53.9 Å². The van der Waals surface area contributed by atoms with Gasteiger partial charge in [0.2, 0.25) is 0 Å². The van der Waals surface area contributed by atoms with E-state index in [1.165, 1.54) is 5.69 Å². The number of anilines is 1. The van der Waals surface area contributed by atoms with Gasteiger partial charge in [0.15, 0.2) is 0 Å². The molecule has 4 rings (SSSR count). The monoisotopic (exact) mass is 386 g/mol. The summed E-state index contributed by atoms with van der Waals surface area (Å²) in [4.78, 5) is 17.3. The van der Waals surface area contributed by atoms with Gasteiger partial charge in [0.1, 0.15) is 5.75 Å². The number of hydrogen-bond donors (Lipinski definition) is 0. The largest absolute Gasteiger partial charge is 0.497 e. The summed E-state index contributed by atoms with van der Waals surface area (Å²) in [6, 6.07) is 26.3. The predicted octanol–water partition coefficient (Wildman–Crippen LogP) is 4.71. The predicted molar refractivity (Wildman–Crippen MR) is 118 cm³/mol. The van der Waals surface area contributed by atoms with Gasteiger partial charge in [0, 0.05) is 37.4 Å². The molecule has 1 amide bonds. The number of benzene rings is 3. The van der Waals surface area contributed by atoms with E-state index in [1.807, 2.05) is 59.5 Å². The first-order valence-corrected chi connectivity index (χ1v) is 10.1. The minimum atomic E-state index is 0.112. The zero-order chi connectivity index (χ0) is 20.1. The van der Waals surface area contributed by atoms with Crippen molar-refractivity contribution in [3.8, 4) is 16.9 Å². The number of ether oxygens (including phenoxy) is 1. The minimum absolute atomic E-state index is 0.112. The molecule has 1 fully saturated rings. The number of carbonyl (C=O) groups excluding carboxylic acids is 1. The zero-order valence-corrected chi connectivity index (χ0v) is 16.8. The highest BCUT2D eigenvalue weighted by Crippen LogP contribution is 2.22. The first kappa shape index (κ1) is 19.1. The second-order valence-electron chi connectivity index (χ2n) is 7.27. The van der Waals surface area contributed by atoms with Crippen LogP contribution in [0.25, 0.3) is 11.1 Å². The second kappa shape index (κ2) is 8.82. The molecule has 1 aliphatic heterocycles. The van der Waals surface area contributed by atoms with Crippen LogP contribution >= 0.6 is 0 Å². The molecule has 3 aromatic rings. The fourth-order valence-corrected chi connectivity index (χ4v) is 3.79. The lowest BCUT2D eigenvalue weighted by atomic mass is 10.0. The van der Waals surface area contributed by atoms with Crippen molar-refractivity contribution in [2.45, 2.75) is 6.42 Å². The molecule has 3 aromatic carbocycles. The van der Waals surface area contributed by atoms with Crippen molar-refractivity contribution in [2.24, 2.45) is 0 Å². The highest BCUT2D eigenvalue weighted by Gasteiger charge is 2.20. The van der Waals surface area contributed by atoms with Crippen LogP contribution in [-0.2, 0) is 0 Å². The van der Waals surface area contributed by atoms with Crippen LogP contribution in [0.15, 0.2) is 78.9 Å². The fourth-order valence-electron chi connectivity index (χ4n) is 3.79. The molecule has 0 N–H and O–H groups in total. The van der Waals surface area contributed by atoms with E-state index in [0.29, 0.717) is 0 Å². The maximum atomic E-state index is 13.0. The molecule has 0 radical (unpaired) electrons. The van der Waals surface area contributed by atoms with Crippen molar-refractivity contribution < 1.29 is 9.53 Å². The number of nitrogens with zero attached hydrogens (tertiary/aromatic N) is 2. The van der Waals surface area contributed by atoms with Gasteiger partial charge >= 0.3 is 0 Å². The second-order valence-corrected chi connectivity index (χ2v) is 7.27. The van der Waals surface area contributed by atoms with Crippen LogP contribution in [0.2, 0.25) is 0 Å². The molecule has 0 bridgehead atoms. The average molecular weight is 386 g/mol. The Bertz CT molecular complexity index is 937. The van der Waals surface area contributed by atoms with Crippen molar-refractivity contribution >= 4 is 11.6 Å². The van der Waals surface area contributed by atoms with Crippen molar-refractivity contribution in [1.82, 2.24) is 4.90 Å². The molecular formula is C25H26N2O2.